The highest BCUT2D eigenvalue weighted by molar-refractivity contribution is 5.14. The van der Waals surface area contributed by atoms with E-state index >= 15 is 0 Å². The van der Waals surface area contributed by atoms with Crippen LogP contribution in [0.1, 0.15) is 11.5 Å². The van der Waals surface area contributed by atoms with Gasteiger partial charge in [0, 0.05) is 13.0 Å². The Morgan fingerprint density at radius 1 is 1.31 bits per heavy atom. The quantitative estimate of drug-likeness (QED) is 0.807. The molecule has 0 saturated carbocycles. The molecule has 1 aromatic carbocycles. The molecule has 0 spiro atoms. The van der Waals surface area contributed by atoms with Gasteiger partial charge in [-0.1, -0.05) is 30.3 Å². The average molecular weight is 219 g/mol. The van der Waals surface area contributed by atoms with E-state index in [2.05, 4.69) is 5.10 Å². The van der Waals surface area contributed by atoms with Crippen molar-refractivity contribution in [1.29, 1.82) is 0 Å². The average Bonchev–Trinajstić information content (AvgIpc) is 2.61. The van der Waals surface area contributed by atoms with Gasteiger partial charge in [0.1, 0.15) is 0 Å². The van der Waals surface area contributed by atoms with E-state index in [1.54, 1.807) is 0 Å². The van der Waals surface area contributed by atoms with Crippen LogP contribution in [0.2, 0.25) is 0 Å². The van der Waals surface area contributed by atoms with Gasteiger partial charge in [0.25, 0.3) is 0 Å². The van der Waals surface area contributed by atoms with Crippen LogP contribution >= 0.6 is 0 Å². The first-order valence-corrected chi connectivity index (χ1v) is 5.10. The third-order valence-electron chi connectivity index (χ3n) is 2.18. The van der Waals surface area contributed by atoms with Crippen LogP contribution < -0.4 is 11.5 Å². The summed E-state index contributed by atoms with van der Waals surface area (Å²) in [4.78, 5) is 11.4. The Morgan fingerprint density at radius 2 is 2.06 bits per heavy atom. The fourth-order valence-electron chi connectivity index (χ4n) is 1.43. The van der Waals surface area contributed by atoms with Crippen LogP contribution in [0.25, 0.3) is 0 Å². The summed E-state index contributed by atoms with van der Waals surface area (Å²) in [5, 5.41) is 4.05. The monoisotopic (exact) mass is 219 g/mol. The van der Waals surface area contributed by atoms with Crippen molar-refractivity contribution in [1.82, 2.24) is 9.78 Å². The Bertz CT molecular complexity index is 501. The number of hydrogen-bond acceptors (Lipinski definition) is 4. The van der Waals surface area contributed by atoms with E-state index in [0.29, 0.717) is 25.4 Å². The zero-order valence-corrected chi connectivity index (χ0v) is 8.80. The van der Waals surface area contributed by atoms with Crippen molar-refractivity contribution in [3.8, 4) is 0 Å². The van der Waals surface area contributed by atoms with Crippen molar-refractivity contribution in [2.45, 2.75) is 13.0 Å². The maximum atomic E-state index is 11.4. The molecule has 0 unspecified atom stereocenters. The summed E-state index contributed by atoms with van der Waals surface area (Å²) in [6, 6.07) is 9.63. The highest BCUT2D eigenvalue weighted by Crippen LogP contribution is 2.00. The van der Waals surface area contributed by atoms with Gasteiger partial charge >= 0.3 is 5.76 Å². The predicted octanol–water partition coefficient (Wildman–Crippen LogP) is 0.386. The first-order valence-electron chi connectivity index (χ1n) is 5.10. The second-order valence-electron chi connectivity index (χ2n) is 3.44. The summed E-state index contributed by atoms with van der Waals surface area (Å²) in [6.45, 7) is 0.846. The van der Waals surface area contributed by atoms with Crippen LogP contribution in [0.3, 0.4) is 0 Å². The Labute approximate surface area is 92.5 Å². The van der Waals surface area contributed by atoms with E-state index in [1.807, 2.05) is 30.3 Å². The molecule has 0 saturated heterocycles. The molecule has 5 heteroatoms. The van der Waals surface area contributed by atoms with Gasteiger partial charge in [0.2, 0.25) is 5.89 Å². The third-order valence-corrected chi connectivity index (χ3v) is 2.18. The molecule has 2 aromatic rings. The van der Waals surface area contributed by atoms with Gasteiger partial charge in [-0.25, -0.2) is 4.79 Å². The molecular formula is C11H13N3O2. The Hall–Kier alpha value is -1.88. The molecule has 0 aliphatic heterocycles. The molecule has 1 aromatic heterocycles. The molecule has 16 heavy (non-hydrogen) atoms. The molecule has 0 radical (unpaired) electrons. The number of rotatable bonds is 4. The van der Waals surface area contributed by atoms with Crippen molar-refractivity contribution in [3.63, 3.8) is 0 Å². The van der Waals surface area contributed by atoms with E-state index in [-0.39, 0.29) is 0 Å². The molecule has 0 fully saturated rings. The number of benzene rings is 1. The molecule has 0 aliphatic rings. The van der Waals surface area contributed by atoms with E-state index in [0.717, 1.165) is 5.56 Å². The number of hydrogen-bond donors (Lipinski definition) is 1. The maximum Gasteiger partial charge on any atom is 0.437 e. The van der Waals surface area contributed by atoms with Crippen LogP contribution in [0, 0.1) is 0 Å². The van der Waals surface area contributed by atoms with Crippen LogP contribution in [0.4, 0.5) is 0 Å². The fourth-order valence-corrected chi connectivity index (χ4v) is 1.43. The van der Waals surface area contributed by atoms with Gasteiger partial charge in [-0.3, -0.25) is 0 Å². The van der Waals surface area contributed by atoms with Gasteiger partial charge in [0.15, 0.2) is 0 Å². The summed E-state index contributed by atoms with van der Waals surface area (Å²) < 4.78 is 6.25. The van der Waals surface area contributed by atoms with Crippen LogP contribution in [-0.2, 0) is 13.0 Å². The summed E-state index contributed by atoms with van der Waals surface area (Å²) >= 11 is 0. The fraction of sp³-hybridized carbons (Fsp3) is 0.273. The minimum atomic E-state index is -0.438. The molecule has 2 rings (SSSR count). The van der Waals surface area contributed by atoms with E-state index < -0.39 is 5.76 Å². The highest BCUT2D eigenvalue weighted by atomic mass is 16.4. The number of nitrogens with two attached hydrogens (primary N) is 1. The zero-order valence-electron chi connectivity index (χ0n) is 8.80. The lowest BCUT2D eigenvalue weighted by atomic mass is 10.2. The molecule has 84 valence electrons. The summed E-state index contributed by atoms with van der Waals surface area (Å²) in [7, 11) is 0. The normalized spacial score (nSPS) is 10.6. The Balaban J connectivity index is 2.19. The molecule has 0 bridgehead atoms. The summed E-state index contributed by atoms with van der Waals surface area (Å²) in [6.07, 6.45) is 0.483. The van der Waals surface area contributed by atoms with Crippen LogP contribution in [-0.4, -0.2) is 16.3 Å². The van der Waals surface area contributed by atoms with Crippen molar-refractivity contribution in [2.24, 2.45) is 5.73 Å². The predicted molar refractivity (Wildman–Crippen MR) is 59.1 cm³/mol. The second kappa shape index (κ2) is 4.76. The van der Waals surface area contributed by atoms with Crippen molar-refractivity contribution < 1.29 is 4.42 Å². The maximum absolute atomic E-state index is 11.4. The minimum absolute atomic E-state index is 0.392. The van der Waals surface area contributed by atoms with Crippen molar-refractivity contribution in [2.75, 3.05) is 6.54 Å². The molecule has 1 heterocycles. The van der Waals surface area contributed by atoms with Gasteiger partial charge in [-0.2, -0.15) is 4.68 Å². The molecular weight excluding hydrogens is 206 g/mol. The minimum Gasteiger partial charge on any atom is -0.392 e. The standard InChI is InChI=1S/C11H13N3O2/c12-7-6-10-13-14(11(15)16-10)8-9-4-2-1-3-5-9/h1-5H,6-8,12H2. The molecule has 0 atom stereocenters. The van der Waals surface area contributed by atoms with Gasteiger partial charge in [0.05, 0.1) is 6.54 Å². The lowest BCUT2D eigenvalue weighted by Crippen LogP contribution is -2.16. The first kappa shape index (κ1) is 10.6. The number of aromatic nitrogens is 2. The molecule has 5 nitrogen and oxygen atoms in total. The summed E-state index contributed by atoms with van der Waals surface area (Å²) in [5.41, 5.74) is 6.37. The van der Waals surface area contributed by atoms with Gasteiger partial charge in [-0.15, -0.1) is 5.10 Å². The first-order chi connectivity index (χ1) is 7.79. The smallest absolute Gasteiger partial charge is 0.392 e. The van der Waals surface area contributed by atoms with Crippen molar-refractivity contribution in [3.05, 3.63) is 52.3 Å². The highest BCUT2D eigenvalue weighted by Gasteiger charge is 2.07. The second-order valence-corrected chi connectivity index (χ2v) is 3.44. The van der Waals surface area contributed by atoms with E-state index in [4.69, 9.17) is 10.2 Å². The van der Waals surface area contributed by atoms with Crippen LogP contribution in [0.5, 0.6) is 0 Å². The zero-order chi connectivity index (χ0) is 11.4. The van der Waals surface area contributed by atoms with Gasteiger partial charge in [-0.05, 0) is 5.56 Å². The third kappa shape index (κ3) is 2.38. The van der Waals surface area contributed by atoms with E-state index in [1.165, 1.54) is 4.68 Å². The Morgan fingerprint density at radius 3 is 2.75 bits per heavy atom. The molecule has 2 N–H and O–H groups in total. The van der Waals surface area contributed by atoms with Gasteiger partial charge < -0.3 is 10.2 Å². The van der Waals surface area contributed by atoms with Crippen LogP contribution in [0.15, 0.2) is 39.5 Å². The SMILES string of the molecule is NCCc1nn(Cc2ccccc2)c(=O)o1. The summed E-state index contributed by atoms with van der Waals surface area (Å²) in [5.74, 6) is -0.0456. The largest absolute Gasteiger partial charge is 0.437 e. The topological polar surface area (TPSA) is 74.0 Å². The lowest BCUT2D eigenvalue weighted by molar-refractivity contribution is 0.451. The number of nitrogens with zero attached hydrogens (tertiary/aromatic N) is 2. The molecule has 0 amide bonds. The van der Waals surface area contributed by atoms with E-state index in [9.17, 15) is 4.79 Å². The lowest BCUT2D eigenvalue weighted by Gasteiger charge is -1.97. The molecule has 0 aliphatic carbocycles. The van der Waals surface area contributed by atoms with Crippen molar-refractivity contribution >= 4 is 0 Å². The Kier molecular flexibility index (Phi) is 3.16.